The number of β-amino-alcohol motifs (C(OH)–C–C–N with tert-alkyl or cyclic N) is 1. The van der Waals surface area contributed by atoms with E-state index < -0.39 is 6.61 Å². The monoisotopic (exact) mass is 526 g/mol. The van der Waals surface area contributed by atoms with Gasteiger partial charge in [0, 0.05) is 82.0 Å². The Morgan fingerprint density at radius 1 is 1.03 bits per heavy atom. The predicted molar refractivity (Wildman–Crippen MR) is 147 cm³/mol. The summed E-state index contributed by atoms with van der Waals surface area (Å²) in [5.41, 5.74) is 4.79. The molecule has 202 valence electrons. The highest BCUT2D eigenvalue weighted by Gasteiger charge is 2.22. The third-order valence-electron chi connectivity index (χ3n) is 6.42. The molecule has 0 aliphatic carbocycles. The van der Waals surface area contributed by atoms with Crippen LogP contribution in [0.25, 0.3) is 11.3 Å². The van der Waals surface area contributed by atoms with Gasteiger partial charge in [-0.2, -0.15) is 8.78 Å². The van der Waals surface area contributed by atoms with Gasteiger partial charge in [-0.05, 0) is 12.1 Å². The van der Waals surface area contributed by atoms with Gasteiger partial charge in [0.25, 0.3) is 0 Å². The summed E-state index contributed by atoms with van der Waals surface area (Å²) < 4.78 is 31.7. The van der Waals surface area contributed by atoms with Gasteiger partial charge in [-0.1, -0.05) is 12.1 Å². The number of halogens is 2. The average Bonchev–Trinajstić information content (AvgIpc) is 2.94. The van der Waals surface area contributed by atoms with Crippen LogP contribution in [-0.4, -0.2) is 86.2 Å². The summed E-state index contributed by atoms with van der Waals surface area (Å²) in [7, 11) is 3.56. The molecule has 1 aromatic heterocycles. The van der Waals surface area contributed by atoms with Crippen LogP contribution in [-0.2, 0) is 0 Å². The Hall–Kier alpha value is -4.03. The molecule has 0 bridgehead atoms. The Morgan fingerprint density at radius 2 is 1.79 bits per heavy atom. The molecule has 1 saturated heterocycles. The van der Waals surface area contributed by atoms with Crippen molar-refractivity contribution in [1.29, 1.82) is 5.41 Å². The zero-order valence-corrected chi connectivity index (χ0v) is 21.3. The molecule has 0 atom stereocenters. The third-order valence-corrected chi connectivity index (χ3v) is 6.42. The average molecular weight is 527 g/mol. The van der Waals surface area contributed by atoms with E-state index in [2.05, 4.69) is 35.7 Å². The molecule has 2 heterocycles. The Bertz CT molecular complexity index is 1250. The van der Waals surface area contributed by atoms with Crippen molar-refractivity contribution in [1.82, 2.24) is 14.9 Å². The summed E-state index contributed by atoms with van der Waals surface area (Å²) in [6.07, 6.45) is 2.67. The van der Waals surface area contributed by atoms with Crippen molar-refractivity contribution >= 4 is 34.8 Å². The molecule has 12 heteroatoms. The van der Waals surface area contributed by atoms with E-state index in [0.29, 0.717) is 36.8 Å². The number of ether oxygens (including phenoxy) is 1. The third kappa shape index (κ3) is 6.26. The first-order chi connectivity index (χ1) is 18.4. The van der Waals surface area contributed by atoms with E-state index in [9.17, 15) is 13.9 Å². The summed E-state index contributed by atoms with van der Waals surface area (Å²) in [6, 6.07) is 10.6. The maximum absolute atomic E-state index is 13.4. The van der Waals surface area contributed by atoms with Crippen molar-refractivity contribution in [2.45, 2.75) is 6.61 Å². The number of rotatable bonds is 11. The Labute approximate surface area is 220 Å². The lowest BCUT2D eigenvalue weighted by molar-refractivity contribution is -0.0493. The van der Waals surface area contributed by atoms with E-state index >= 15 is 0 Å². The van der Waals surface area contributed by atoms with Crippen LogP contribution in [0.4, 0.5) is 37.3 Å². The van der Waals surface area contributed by atoms with Gasteiger partial charge in [-0.25, -0.2) is 9.97 Å². The van der Waals surface area contributed by atoms with Crippen molar-refractivity contribution in [3.63, 3.8) is 0 Å². The van der Waals surface area contributed by atoms with Crippen molar-refractivity contribution in [3.8, 4) is 17.0 Å². The standard InChI is InChI=1S/C26H32F2N8O2/c1-30-19-11-17(3-4-18(19)15-29)20-13-25(33-16-32-20)34-22-12-21(31-2)23(14-24(22)38-26(27)28)36-7-5-35(6-8-36)9-10-37/h3-4,11-16,26,29-31,37H,5-10H2,1-2H3,(H,32,33,34). The van der Waals surface area contributed by atoms with E-state index in [0.717, 1.165) is 41.3 Å². The van der Waals surface area contributed by atoms with Crippen molar-refractivity contribution in [3.05, 3.63) is 48.3 Å². The number of alkyl halides is 2. The molecular formula is C26H32F2N8O2. The van der Waals surface area contributed by atoms with Crippen LogP contribution in [0.1, 0.15) is 5.56 Å². The van der Waals surface area contributed by atoms with Crippen LogP contribution < -0.4 is 25.6 Å². The van der Waals surface area contributed by atoms with Crippen molar-refractivity contribution in [2.75, 3.05) is 74.3 Å². The second-order valence-electron chi connectivity index (χ2n) is 8.66. The number of aliphatic hydroxyl groups excluding tert-OH is 1. The molecule has 2 aromatic carbocycles. The summed E-state index contributed by atoms with van der Waals surface area (Å²) in [5, 5.41) is 26.1. The highest BCUT2D eigenvalue weighted by Crippen LogP contribution is 2.39. The molecule has 0 unspecified atom stereocenters. The fourth-order valence-corrected chi connectivity index (χ4v) is 4.46. The molecule has 3 aromatic rings. The molecule has 1 fully saturated rings. The predicted octanol–water partition coefficient (Wildman–Crippen LogP) is 3.68. The summed E-state index contributed by atoms with van der Waals surface area (Å²) in [4.78, 5) is 12.9. The Balaban J connectivity index is 1.63. The molecule has 1 aliphatic rings. The molecule has 0 saturated carbocycles. The Kier molecular flexibility index (Phi) is 8.87. The lowest BCUT2D eigenvalue weighted by atomic mass is 10.1. The van der Waals surface area contributed by atoms with E-state index in [1.54, 1.807) is 32.3 Å². The van der Waals surface area contributed by atoms with Crippen LogP contribution >= 0.6 is 0 Å². The molecular weight excluding hydrogens is 494 g/mol. The molecule has 38 heavy (non-hydrogen) atoms. The topological polar surface area (TPSA) is 122 Å². The highest BCUT2D eigenvalue weighted by atomic mass is 19.3. The van der Waals surface area contributed by atoms with Crippen LogP contribution in [0.5, 0.6) is 5.75 Å². The Morgan fingerprint density at radius 3 is 2.45 bits per heavy atom. The normalized spacial score (nSPS) is 13.9. The van der Waals surface area contributed by atoms with E-state index in [4.69, 9.17) is 10.1 Å². The number of nitrogens with zero attached hydrogens (tertiary/aromatic N) is 4. The number of piperazine rings is 1. The quantitative estimate of drug-likeness (QED) is 0.238. The second-order valence-corrected chi connectivity index (χ2v) is 8.66. The lowest BCUT2D eigenvalue weighted by Gasteiger charge is -2.37. The van der Waals surface area contributed by atoms with Crippen LogP contribution in [0.3, 0.4) is 0 Å². The van der Waals surface area contributed by atoms with Gasteiger partial charge in [0.05, 0.1) is 29.4 Å². The van der Waals surface area contributed by atoms with Gasteiger partial charge >= 0.3 is 6.61 Å². The van der Waals surface area contributed by atoms with Crippen molar-refractivity contribution < 1.29 is 18.6 Å². The van der Waals surface area contributed by atoms with E-state index in [1.165, 1.54) is 12.5 Å². The molecule has 1 aliphatic heterocycles. The SMILES string of the molecule is CNc1cc(-c2cc(Nc3cc(NC)c(N4CCN(CCO)CC4)cc3OC(F)F)ncn2)ccc1C=N. The first-order valence-corrected chi connectivity index (χ1v) is 12.3. The molecule has 10 nitrogen and oxygen atoms in total. The van der Waals surface area contributed by atoms with Gasteiger partial charge in [-0.15, -0.1) is 0 Å². The minimum Gasteiger partial charge on any atom is -0.433 e. The number of aromatic nitrogens is 2. The fourth-order valence-electron chi connectivity index (χ4n) is 4.46. The van der Waals surface area contributed by atoms with Gasteiger partial charge in [0.2, 0.25) is 0 Å². The van der Waals surface area contributed by atoms with Gasteiger partial charge < -0.3 is 36.1 Å². The van der Waals surface area contributed by atoms with E-state index in [-0.39, 0.29) is 12.4 Å². The minimum atomic E-state index is -3.00. The number of benzene rings is 2. The second kappa shape index (κ2) is 12.5. The number of hydrogen-bond donors (Lipinski definition) is 5. The van der Waals surface area contributed by atoms with Crippen molar-refractivity contribution in [2.24, 2.45) is 0 Å². The maximum Gasteiger partial charge on any atom is 0.387 e. The van der Waals surface area contributed by atoms with Crippen LogP contribution in [0.2, 0.25) is 0 Å². The van der Waals surface area contributed by atoms with Gasteiger partial charge in [0.15, 0.2) is 5.75 Å². The molecule has 5 N–H and O–H groups in total. The minimum absolute atomic E-state index is 0.000227. The molecule has 0 spiro atoms. The number of aliphatic hydroxyl groups is 1. The number of nitrogens with one attached hydrogen (secondary N) is 4. The van der Waals surface area contributed by atoms with E-state index in [1.807, 2.05) is 18.2 Å². The summed E-state index contributed by atoms with van der Waals surface area (Å²) in [6.45, 7) is 0.610. The zero-order valence-electron chi connectivity index (χ0n) is 21.3. The number of hydrogen-bond acceptors (Lipinski definition) is 10. The molecule has 4 rings (SSSR count). The molecule has 0 amide bonds. The summed E-state index contributed by atoms with van der Waals surface area (Å²) in [5.74, 6) is 0.406. The largest absolute Gasteiger partial charge is 0.433 e. The maximum atomic E-state index is 13.4. The van der Waals surface area contributed by atoms with Crippen LogP contribution in [0, 0.1) is 5.41 Å². The number of anilines is 5. The van der Waals surface area contributed by atoms with Crippen LogP contribution in [0.15, 0.2) is 42.7 Å². The van der Waals surface area contributed by atoms with Gasteiger partial charge in [0.1, 0.15) is 12.1 Å². The summed E-state index contributed by atoms with van der Waals surface area (Å²) >= 11 is 0. The highest BCUT2D eigenvalue weighted by molar-refractivity contribution is 5.88. The van der Waals surface area contributed by atoms with Gasteiger partial charge in [-0.3, -0.25) is 4.90 Å². The lowest BCUT2D eigenvalue weighted by Crippen LogP contribution is -2.47. The zero-order chi connectivity index (χ0) is 27.1. The first-order valence-electron chi connectivity index (χ1n) is 12.3. The molecule has 0 radical (unpaired) electrons. The fraction of sp³-hybridized carbons (Fsp3) is 0.346. The smallest absolute Gasteiger partial charge is 0.387 e. The first kappa shape index (κ1) is 27.0.